The largest absolute Gasteiger partial charge is 0.359 e. The number of nitriles is 1. The minimum absolute atomic E-state index is 0.0278. The molecule has 1 aromatic carbocycles. The molecule has 1 fully saturated rings. The van der Waals surface area contributed by atoms with Gasteiger partial charge in [-0.05, 0) is 49.3 Å². The molecule has 0 spiro atoms. The van der Waals surface area contributed by atoms with Gasteiger partial charge < -0.3 is 5.32 Å². The molecular formula is C16H19FN2O. The Morgan fingerprint density at radius 2 is 2.25 bits per heavy atom. The highest BCUT2D eigenvalue weighted by Crippen LogP contribution is 2.43. The van der Waals surface area contributed by atoms with Crippen LogP contribution in [-0.4, -0.2) is 13.0 Å². The first-order chi connectivity index (χ1) is 9.61. The highest BCUT2D eigenvalue weighted by Gasteiger charge is 2.39. The Morgan fingerprint density at radius 1 is 1.50 bits per heavy atom. The summed E-state index contributed by atoms with van der Waals surface area (Å²) in [5.41, 5.74) is 0.936. The normalized spacial score (nSPS) is 16.1. The molecule has 1 saturated carbocycles. The second-order valence-electron chi connectivity index (χ2n) is 5.38. The van der Waals surface area contributed by atoms with Crippen LogP contribution in [0.25, 0.3) is 0 Å². The molecule has 20 heavy (non-hydrogen) atoms. The first-order valence-electron chi connectivity index (χ1n) is 7.02. The second kappa shape index (κ2) is 6.04. The van der Waals surface area contributed by atoms with Crippen molar-refractivity contribution in [3.63, 3.8) is 0 Å². The van der Waals surface area contributed by atoms with Crippen molar-refractivity contribution in [1.29, 1.82) is 5.26 Å². The zero-order valence-corrected chi connectivity index (χ0v) is 11.7. The number of amides is 1. The Kier molecular flexibility index (Phi) is 4.39. The third-order valence-corrected chi connectivity index (χ3v) is 4.16. The van der Waals surface area contributed by atoms with Gasteiger partial charge in [-0.2, -0.15) is 5.26 Å². The molecule has 0 radical (unpaired) electrons. The maximum absolute atomic E-state index is 14.1. The number of carbonyl (C=O) groups is 1. The summed E-state index contributed by atoms with van der Waals surface area (Å²) in [5, 5.41) is 11.8. The van der Waals surface area contributed by atoms with E-state index in [9.17, 15) is 14.4 Å². The summed E-state index contributed by atoms with van der Waals surface area (Å²) in [6, 6.07) is 7.44. The Bertz CT molecular complexity index is 544. The summed E-state index contributed by atoms with van der Waals surface area (Å²) in [6.45, 7) is 0. The molecule has 2 rings (SSSR count). The lowest BCUT2D eigenvalue weighted by Gasteiger charge is -2.35. The van der Waals surface area contributed by atoms with E-state index in [4.69, 9.17) is 0 Å². The Morgan fingerprint density at radius 3 is 2.75 bits per heavy atom. The molecule has 4 heteroatoms. The maximum Gasteiger partial charge on any atom is 0.219 e. The van der Waals surface area contributed by atoms with Crippen molar-refractivity contribution in [1.82, 2.24) is 5.32 Å². The van der Waals surface area contributed by atoms with Gasteiger partial charge in [-0.3, -0.25) is 4.79 Å². The number of carbonyl (C=O) groups excluding carboxylic acids is 1. The molecule has 0 aromatic heterocycles. The van der Waals surface area contributed by atoms with E-state index in [2.05, 4.69) is 11.4 Å². The standard InChI is InChI=1S/C16H19FN2O/c1-19-15(20)5-2-4-12-6-7-13(10-14(12)17)16(11-18)8-3-9-16/h6-7,10H,2-5,8-9H2,1H3,(H,19,20). The van der Waals surface area contributed by atoms with Gasteiger partial charge >= 0.3 is 0 Å². The van der Waals surface area contributed by atoms with E-state index in [1.165, 1.54) is 6.07 Å². The molecule has 1 aliphatic carbocycles. The molecule has 0 unspecified atom stereocenters. The van der Waals surface area contributed by atoms with Crippen molar-refractivity contribution in [2.75, 3.05) is 7.05 Å². The van der Waals surface area contributed by atoms with Crippen molar-refractivity contribution in [3.05, 3.63) is 35.1 Å². The van der Waals surface area contributed by atoms with E-state index in [1.807, 2.05) is 6.07 Å². The molecule has 1 amide bonds. The predicted molar refractivity (Wildman–Crippen MR) is 74.5 cm³/mol. The fourth-order valence-electron chi connectivity index (χ4n) is 2.61. The summed E-state index contributed by atoms with van der Waals surface area (Å²) >= 11 is 0. The number of benzene rings is 1. The van der Waals surface area contributed by atoms with E-state index in [0.717, 1.165) is 24.8 Å². The fourth-order valence-corrected chi connectivity index (χ4v) is 2.61. The summed E-state index contributed by atoms with van der Waals surface area (Å²) in [6.07, 6.45) is 4.24. The SMILES string of the molecule is CNC(=O)CCCc1ccc(C2(C#N)CCC2)cc1F. The van der Waals surface area contributed by atoms with Crippen molar-refractivity contribution in [2.45, 2.75) is 43.9 Å². The van der Waals surface area contributed by atoms with Crippen molar-refractivity contribution < 1.29 is 9.18 Å². The lowest BCUT2D eigenvalue weighted by Crippen LogP contribution is -2.32. The molecule has 106 valence electrons. The lowest BCUT2D eigenvalue weighted by molar-refractivity contribution is -0.120. The van der Waals surface area contributed by atoms with Crippen LogP contribution in [0.3, 0.4) is 0 Å². The van der Waals surface area contributed by atoms with Crippen LogP contribution in [0.2, 0.25) is 0 Å². The molecule has 0 bridgehead atoms. The molecule has 1 aliphatic rings. The number of nitrogens with zero attached hydrogens (tertiary/aromatic N) is 1. The average molecular weight is 274 g/mol. The molecule has 1 aromatic rings. The number of nitrogens with one attached hydrogen (secondary N) is 1. The van der Waals surface area contributed by atoms with Gasteiger partial charge in [0.05, 0.1) is 11.5 Å². The van der Waals surface area contributed by atoms with Crippen LogP contribution in [0.5, 0.6) is 0 Å². The fraction of sp³-hybridized carbons (Fsp3) is 0.500. The first-order valence-corrected chi connectivity index (χ1v) is 7.02. The van der Waals surface area contributed by atoms with Gasteiger partial charge in [0.2, 0.25) is 5.91 Å². The maximum atomic E-state index is 14.1. The summed E-state index contributed by atoms with van der Waals surface area (Å²) in [5.74, 6) is -0.291. The zero-order valence-electron chi connectivity index (χ0n) is 11.7. The number of hydrogen-bond acceptors (Lipinski definition) is 2. The molecule has 0 aliphatic heterocycles. The Balaban J connectivity index is 2.03. The number of aryl methyl sites for hydroxylation is 1. The van der Waals surface area contributed by atoms with Crippen LogP contribution in [0.1, 0.15) is 43.2 Å². The summed E-state index contributed by atoms with van der Waals surface area (Å²) in [7, 11) is 1.59. The van der Waals surface area contributed by atoms with E-state index < -0.39 is 5.41 Å². The quantitative estimate of drug-likeness (QED) is 0.897. The summed E-state index contributed by atoms with van der Waals surface area (Å²) in [4.78, 5) is 11.1. The highest BCUT2D eigenvalue weighted by atomic mass is 19.1. The van der Waals surface area contributed by atoms with Gasteiger partial charge in [0, 0.05) is 13.5 Å². The summed E-state index contributed by atoms with van der Waals surface area (Å²) < 4.78 is 14.1. The van der Waals surface area contributed by atoms with E-state index in [1.54, 1.807) is 13.1 Å². The molecule has 1 N–H and O–H groups in total. The van der Waals surface area contributed by atoms with Gasteiger partial charge in [0.1, 0.15) is 5.82 Å². The van der Waals surface area contributed by atoms with Crippen molar-refractivity contribution in [2.24, 2.45) is 0 Å². The van der Waals surface area contributed by atoms with Gasteiger partial charge in [-0.15, -0.1) is 0 Å². The molecule has 3 nitrogen and oxygen atoms in total. The zero-order chi connectivity index (χ0) is 14.6. The van der Waals surface area contributed by atoms with Gasteiger partial charge in [0.25, 0.3) is 0 Å². The third-order valence-electron chi connectivity index (χ3n) is 4.16. The third kappa shape index (κ3) is 2.82. The van der Waals surface area contributed by atoms with E-state index >= 15 is 0 Å². The van der Waals surface area contributed by atoms with Crippen LogP contribution in [0.4, 0.5) is 4.39 Å². The number of hydrogen-bond donors (Lipinski definition) is 1. The topological polar surface area (TPSA) is 52.9 Å². The lowest BCUT2D eigenvalue weighted by atomic mass is 9.65. The van der Waals surface area contributed by atoms with Gasteiger partial charge in [0.15, 0.2) is 0 Å². The smallest absolute Gasteiger partial charge is 0.219 e. The Labute approximate surface area is 118 Å². The average Bonchev–Trinajstić information content (AvgIpc) is 2.40. The Hall–Kier alpha value is -1.89. The molecule has 0 atom stereocenters. The highest BCUT2D eigenvalue weighted by molar-refractivity contribution is 5.75. The minimum Gasteiger partial charge on any atom is -0.359 e. The van der Waals surface area contributed by atoms with Crippen LogP contribution < -0.4 is 5.32 Å². The number of halogens is 1. The molecule has 0 heterocycles. The minimum atomic E-state index is -0.471. The van der Waals surface area contributed by atoms with Crippen LogP contribution >= 0.6 is 0 Å². The van der Waals surface area contributed by atoms with Crippen LogP contribution in [0.15, 0.2) is 18.2 Å². The van der Waals surface area contributed by atoms with Crippen molar-refractivity contribution in [3.8, 4) is 6.07 Å². The first kappa shape index (κ1) is 14.5. The molecular weight excluding hydrogens is 255 g/mol. The van der Waals surface area contributed by atoms with Crippen LogP contribution in [-0.2, 0) is 16.6 Å². The monoisotopic (exact) mass is 274 g/mol. The molecule has 0 saturated heterocycles. The predicted octanol–water partition coefficient (Wildman–Crippen LogP) is 2.84. The van der Waals surface area contributed by atoms with Crippen LogP contribution in [0, 0.1) is 17.1 Å². The second-order valence-corrected chi connectivity index (χ2v) is 5.38. The van der Waals surface area contributed by atoms with Gasteiger partial charge in [-0.1, -0.05) is 12.1 Å². The van der Waals surface area contributed by atoms with Gasteiger partial charge in [-0.25, -0.2) is 4.39 Å². The van der Waals surface area contributed by atoms with Crippen molar-refractivity contribution >= 4 is 5.91 Å². The van der Waals surface area contributed by atoms with E-state index in [0.29, 0.717) is 24.8 Å². The number of rotatable bonds is 5. The van der Waals surface area contributed by atoms with E-state index in [-0.39, 0.29) is 11.7 Å².